The molecule has 47 heavy (non-hydrogen) atoms. The third kappa shape index (κ3) is 11.8. The number of amides is 2. The van der Waals surface area contributed by atoms with Crippen LogP contribution in [0.25, 0.3) is 0 Å². The summed E-state index contributed by atoms with van der Waals surface area (Å²) >= 11 is 1.21. The Bertz CT molecular complexity index is 1370. The van der Waals surface area contributed by atoms with Crippen molar-refractivity contribution in [1.29, 1.82) is 0 Å². The fourth-order valence-corrected chi connectivity index (χ4v) is 8.08. The van der Waals surface area contributed by atoms with Crippen LogP contribution in [-0.4, -0.2) is 96.4 Å². The van der Waals surface area contributed by atoms with Crippen LogP contribution in [0.1, 0.15) is 69.5 Å². The maximum atomic E-state index is 14.0. The number of hydrogen-bond acceptors (Lipinski definition) is 10. The van der Waals surface area contributed by atoms with Gasteiger partial charge in [0.2, 0.25) is 11.8 Å². The number of ether oxygens (including phenoxy) is 1. The fraction of sp³-hybridized carbons (Fsp3) is 0.656. The van der Waals surface area contributed by atoms with Crippen molar-refractivity contribution in [3.8, 4) is 0 Å². The number of benzene rings is 1. The van der Waals surface area contributed by atoms with Crippen molar-refractivity contribution < 1.29 is 33.0 Å². The van der Waals surface area contributed by atoms with Gasteiger partial charge in [0.1, 0.15) is 12.1 Å². The Morgan fingerprint density at radius 2 is 1.72 bits per heavy atom. The standard InChI is InChI=1S/C32H50N6O7S2/c1-2-25(39)20-29(40)26(17-22-9-5-3-6-10-22)35-30(41)27(19-24-21-46-32(33)34-24)36-31(42)28(18-23-11-7-4-8-12-23)37-47(43,44)38-13-15-45-16-14-38/h4,7-8,11-12,21-22,25-29,37,39-40H,2-3,5-6,9-10,13-20H2,1H3,(H2,33,34)(H,35,41)(H,36,42)/t25-,26-,27-,28-,29-/m0/s1. The van der Waals surface area contributed by atoms with Gasteiger partial charge in [0, 0.05) is 31.3 Å². The summed E-state index contributed by atoms with van der Waals surface area (Å²) in [6.07, 6.45) is 4.79. The van der Waals surface area contributed by atoms with Crippen LogP contribution in [0.2, 0.25) is 0 Å². The smallest absolute Gasteiger partial charge is 0.280 e. The SMILES string of the molecule is CC[C@H](O)C[C@H](O)[C@H](CC1CCCCC1)NC(=O)[C@H](Cc1csc(N)n1)NC(=O)[C@H](Cc1ccccc1)NS(=O)(=O)N1CCOCC1. The first kappa shape index (κ1) is 37.2. The Hall–Kier alpha value is -2.66. The predicted molar refractivity (Wildman–Crippen MR) is 181 cm³/mol. The molecule has 2 fully saturated rings. The van der Waals surface area contributed by atoms with Crippen LogP contribution in [0.5, 0.6) is 0 Å². The second kappa shape index (κ2) is 18.2. The number of nitrogens with zero attached hydrogens (tertiary/aromatic N) is 2. The van der Waals surface area contributed by atoms with Gasteiger partial charge >= 0.3 is 0 Å². The number of carbonyl (C=O) groups is 2. The molecule has 1 aromatic carbocycles. The summed E-state index contributed by atoms with van der Waals surface area (Å²) in [5.74, 6) is -0.899. The molecule has 4 rings (SSSR count). The Kier molecular flexibility index (Phi) is 14.4. The number of aliphatic hydroxyl groups is 2. The summed E-state index contributed by atoms with van der Waals surface area (Å²) in [6.45, 7) is 2.64. The number of morpholine rings is 1. The van der Waals surface area contributed by atoms with E-state index in [1.807, 2.05) is 13.0 Å². The zero-order valence-corrected chi connectivity index (χ0v) is 28.7. The fourth-order valence-electron chi connectivity index (χ4n) is 6.17. The second-order valence-corrected chi connectivity index (χ2v) is 15.1. The summed E-state index contributed by atoms with van der Waals surface area (Å²) in [5.41, 5.74) is 7.09. The number of aromatic nitrogens is 1. The average molecular weight is 695 g/mol. The normalized spacial score (nSPS) is 19.7. The van der Waals surface area contributed by atoms with E-state index in [1.54, 1.807) is 29.6 Å². The molecule has 0 spiro atoms. The van der Waals surface area contributed by atoms with Gasteiger partial charge in [-0.1, -0.05) is 69.4 Å². The number of carbonyl (C=O) groups excluding carboxylic acids is 2. The number of nitrogens with two attached hydrogens (primary N) is 1. The van der Waals surface area contributed by atoms with E-state index in [0.29, 0.717) is 29.6 Å². The summed E-state index contributed by atoms with van der Waals surface area (Å²) in [6, 6.07) is 6.01. The highest BCUT2D eigenvalue weighted by atomic mass is 32.2. The molecular formula is C32H50N6O7S2. The van der Waals surface area contributed by atoms with Crippen LogP contribution < -0.4 is 21.1 Å². The van der Waals surface area contributed by atoms with Gasteiger partial charge in [-0.15, -0.1) is 11.3 Å². The van der Waals surface area contributed by atoms with Crippen molar-refractivity contribution in [2.45, 2.75) is 101 Å². The molecule has 2 amide bonds. The Balaban J connectivity index is 1.57. The van der Waals surface area contributed by atoms with Gasteiger partial charge in [0.25, 0.3) is 10.2 Å². The molecule has 2 heterocycles. The van der Waals surface area contributed by atoms with E-state index < -0.39 is 52.4 Å². The summed E-state index contributed by atoms with van der Waals surface area (Å²) in [7, 11) is -4.06. The zero-order chi connectivity index (χ0) is 33.8. The molecule has 15 heteroatoms. The molecule has 1 saturated carbocycles. The largest absolute Gasteiger partial charge is 0.393 e. The van der Waals surface area contributed by atoms with E-state index in [-0.39, 0.29) is 45.6 Å². The summed E-state index contributed by atoms with van der Waals surface area (Å²) in [5, 5.41) is 29.3. The molecule has 2 aromatic rings. The van der Waals surface area contributed by atoms with Crippen molar-refractivity contribution in [3.63, 3.8) is 0 Å². The molecule has 0 bridgehead atoms. The number of nitrogens with one attached hydrogen (secondary N) is 3. The van der Waals surface area contributed by atoms with Gasteiger partial charge < -0.3 is 31.3 Å². The molecule has 7 N–H and O–H groups in total. The molecule has 262 valence electrons. The molecule has 0 unspecified atom stereocenters. The van der Waals surface area contributed by atoms with Crippen LogP contribution in [0, 0.1) is 5.92 Å². The lowest BCUT2D eigenvalue weighted by Gasteiger charge is -2.32. The predicted octanol–water partition coefficient (Wildman–Crippen LogP) is 1.51. The van der Waals surface area contributed by atoms with Gasteiger partial charge in [0.05, 0.1) is 37.2 Å². The number of hydrogen-bond donors (Lipinski definition) is 6. The molecular weight excluding hydrogens is 645 g/mol. The summed E-state index contributed by atoms with van der Waals surface area (Å²) < 4.78 is 35.8. The number of anilines is 1. The zero-order valence-electron chi connectivity index (χ0n) is 27.1. The van der Waals surface area contributed by atoms with Crippen molar-refractivity contribution >= 4 is 38.5 Å². The van der Waals surface area contributed by atoms with Crippen LogP contribution in [0.3, 0.4) is 0 Å². The van der Waals surface area contributed by atoms with Gasteiger partial charge in [-0.3, -0.25) is 9.59 Å². The number of aliphatic hydroxyl groups excluding tert-OH is 2. The highest BCUT2D eigenvalue weighted by Crippen LogP contribution is 2.29. The molecule has 1 aliphatic heterocycles. The Labute approximate surface area is 281 Å². The van der Waals surface area contributed by atoms with Crippen LogP contribution in [0.4, 0.5) is 5.13 Å². The van der Waals surface area contributed by atoms with E-state index in [2.05, 4.69) is 20.3 Å². The molecule has 1 aliphatic carbocycles. The minimum absolute atomic E-state index is 0.00335. The lowest BCUT2D eigenvalue weighted by molar-refractivity contribution is -0.130. The van der Waals surface area contributed by atoms with Gasteiger partial charge in [0.15, 0.2) is 5.13 Å². The van der Waals surface area contributed by atoms with Gasteiger partial charge in [-0.2, -0.15) is 17.4 Å². The lowest BCUT2D eigenvalue weighted by atomic mass is 9.83. The molecule has 13 nitrogen and oxygen atoms in total. The van der Waals surface area contributed by atoms with Crippen molar-refractivity contribution in [1.82, 2.24) is 24.6 Å². The minimum atomic E-state index is -4.06. The number of nitrogen functional groups attached to an aromatic ring is 1. The molecule has 1 aromatic heterocycles. The maximum Gasteiger partial charge on any atom is 0.280 e. The molecule has 1 saturated heterocycles. The first-order valence-corrected chi connectivity index (χ1v) is 18.9. The van der Waals surface area contributed by atoms with E-state index in [0.717, 1.165) is 37.7 Å². The molecule has 0 radical (unpaired) electrons. The molecule has 2 aliphatic rings. The monoisotopic (exact) mass is 694 g/mol. The minimum Gasteiger partial charge on any atom is -0.393 e. The average Bonchev–Trinajstić information content (AvgIpc) is 3.49. The first-order valence-electron chi connectivity index (χ1n) is 16.6. The van der Waals surface area contributed by atoms with Crippen molar-refractivity contribution in [3.05, 3.63) is 47.0 Å². The van der Waals surface area contributed by atoms with Crippen LogP contribution in [-0.2, 0) is 37.4 Å². The van der Waals surface area contributed by atoms with E-state index >= 15 is 0 Å². The van der Waals surface area contributed by atoms with Crippen molar-refractivity contribution in [2.75, 3.05) is 32.0 Å². The number of rotatable bonds is 17. The van der Waals surface area contributed by atoms with E-state index in [1.165, 1.54) is 15.6 Å². The highest BCUT2D eigenvalue weighted by Gasteiger charge is 2.35. The molecule has 5 atom stereocenters. The lowest BCUT2D eigenvalue weighted by Crippen LogP contribution is -2.59. The van der Waals surface area contributed by atoms with Gasteiger partial charge in [-0.25, -0.2) is 4.98 Å². The van der Waals surface area contributed by atoms with Crippen LogP contribution in [0.15, 0.2) is 35.7 Å². The number of thiazole rings is 1. The van der Waals surface area contributed by atoms with Gasteiger partial charge in [-0.05, 0) is 30.7 Å². The van der Waals surface area contributed by atoms with Crippen molar-refractivity contribution in [2.24, 2.45) is 5.92 Å². The summed E-state index contributed by atoms with van der Waals surface area (Å²) in [4.78, 5) is 32.2. The Morgan fingerprint density at radius 1 is 1.04 bits per heavy atom. The Morgan fingerprint density at radius 3 is 2.36 bits per heavy atom. The maximum absolute atomic E-state index is 14.0. The topological polar surface area (TPSA) is 196 Å². The van der Waals surface area contributed by atoms with E-state index in [4.69, 9.17) is 10.5 Å². The highest BCUT2D eigenvalue weighted by molar-refractivity contribution is 7.87. The third-order valence-electron chi connectivity index (χ3n) is 8.90. The first-order chi connectivity index (χ1) is 22.5. The third-order valence-corrected chi connectivity index (χ3v) is 11.3. The quantitative estimate of drug-likeness (QED) is 0.142. The second-order valence-electron chi connectivity index (χ2n) is 12.5. The van der Waals surface area contributed by atoms with E-state index in [9.17, 15) is 28.2 Å². The van der Waals surface area contributed by atoms with Crippen LogP contribution >= 0.6 is 11.3 Å².